The van der Waals surface area contributed by atoms with Crippen LogP contribution in [0.15, 0.2) is 36.0 Å². The molecule has 0 saturated carbocycles. The molecule has 0 unspecified atom stereocenters. The van der Waals surface area contributed by atoms with E-state index in [2.05, 4.69) is 5.10 Å². The van der Waals surface area contributed by atoms with Gasteiger partial charge in [0.2, 0.25) is 5.88 Å². The van der Waals surface area contributed by atoms with Gasteiger partial charge in [-0.25, -0.2) is 4.68 Å². The summed E-state index contributed by atoms with van der Waals surface area (Å²) in [5.41, 5.74) is 2.33. The zero-order valence-electron chi connectivity index (χ0n) is 12.2. The van der Waals surface area contributed by atoms with Crippen LogP contribution in [0.1, 0.15) is 16.8 Å². The fourth-order valence-corrected chi connectivity index (χ4v) is 2.20. The molecule has 21 heavy (non-hydrogen) atoms. The van der Waals surface area contributed by atoms with Crippen molar-refractivity contribution in [2.75, 3.05) is 7.11 Å². The Morgan fingerprint density at radius 1 is 1.43 bits per heavy atom. The lowest BCUT2D eigenvalue weighted by atomic mass is 10.1. The molecule has 110 valence electrons. The van der Waals surface area contributed by atoms with Crippen molar-refractivity contribution in [3.8, 4) is 5.88 Å². The fourth-order valence-electron chi connectivity index (χ4n) is 2.20. The van der Waals surface area contributed by atoms with Gasteiger partial charge in [0, 0.05) is 13.1 Å². The van der Waals surface area contributed by atoms with E-state index < -0.39 is 0 Å². The number of rotatable bonds is 5. The van der Waals surface area contributed by atoms with Gasteiger partial charge in [0.1, 0.15) is 0 Å². The topological polar surface area (TPSA) is 70.2 Å². The molecule has 2 aromatic rings. The maximum Gasteiger partial charge on any atom is 0.251 e. The largest absolute Gasteiger partial charge is 0.481 e. The van der Waals surface area contributed by atoms with Gasteiger partial charge in [-0.1, -0.05) is 30.3 Å². The number of hydrogen-bond acceptors (Lipinski definition) is 4. The summed E-state index contributed by atoms with van der Waals surface area (Å²) in [6.07, 6.45) is 1.79. The molecule has 0 atom stereocenters. The van der Waals surface area contributed by atoms with Crippen LogP contribution in [0.4, 0.5) is 0 Å². The average molecular weight is 287 g/mol. The molecule has 2 rings (SSSR count). The second-order valence-corrected chi connectivity index (χ2v) is 4.69. The van der Waals surface area contributed by atoms with E-state index in [1.807, 2.05) is 30.3 Å². The Bertz CT molecular complexity index is 675. The zero-order valence-corrected chi connectivity index (χ0v) is 12.2. The third-order valence-corrected chi connectivity index (χ3v) is 3.18. The number of nitrogens with zero attached hydrogens (tertiary/aromatic N) is 3. The number of aryl methyl sites for hydroxylation is 2. The summed E-state index contributed by atoms with van der Waals surface area (Å²) < 4.78 is 6.83. The lowest BCUT2D eigenvalue weighted by Crippen LogP contribution is -2.03. The summed E-state index contributed by atoms with van der Waals surface area (Å²) in [5, 5.41) is 15.5. The van der Waals surface area contributed by atoms with Crippen molar-refractivity contribution in [1.29, 1.82) is 0 Å². The molecule has 6 nitrogen and oxygen atoms in total. The third kappa shape index (κ3) is 3.28. The average Bonchev–Trinajstić information content (AvgIpc) is 2.73. The van der Waals surface area contributed by atoms with Crippen LogP contribution in [0.3, 0.4) is 0 Å². The van der Waals surface area contributed by atoms with Crippen molar-refractivity contribution in [2.24, 2.45) is 7.05 Å². The molecular weight excluding hydrogens is 270 g/mol. The number of ether oxygens (including phenoxy) is 1. The van der Waals surface area contributed by atoms with Gasteiger partial charge in [0.25, 0.3) is 5.70 Å². The van der Waals surface area contributed by atoms with Crippen molar-refractivity contribution in [2.45, 2.75) is 13.3 Å². The number of allylic oxidation sites excluding steroid dienone is 1. The van der Waals surface area contributed by atoms with Gasteiger partial charge >= 0.3 is 0 Å². The van der Waals surface area contributed by atoms with Crippen LogP contribution in [-0.4, -0.2) is 21.8 Å². The Kier molecular flexibility index (Phi) is 4.37. The Morgan fingerprint density at radius 2 is 2.10 bits per heavy atom. The number of methoxy groups -OCH3 is 1. The van der Waals surface area contributed by atoms with Gasteiger partial charge in [-0.05, 0) is 12.5 Å². The van der Waals surface area contributed by atoms with Gasteiger partial charge in [-0.3, -0.25) is 10.1 Å². The Balaban J connectivity index is 2.41. The van der Waals surface area contributed by atoms with Gasteiger partial charge in [0.15, 0.2) is 0 Å². The molecule has 6 heteroatoms. The molecule has 0 aliphatic carbocycles. The van der Waals surface area contributed by atoms with Crippen molar-refractivity contribution in [3.63, 3.8) is 0 Å². The predicted octanol–water partition coefficient (Wildman–Crippen LogP) is 2.60. The van der Waals surface area contributed by atoms with Crippen LogP contribution in [0.25, 0.3) is 6.08 Å². The second kappa shape index (κ2) is 6.21. The number of hydrogen-bond donors (Lipinski definition) is 0. The molecule has 0 N–H and O–H groups in total. The number of benzene rings is 1. The molecule has 1 aromatic heterocycles. The standard InChI is InChI=1S/C15H17N3O3/c1-11-14(15(21-3)17(2)16-11)10-13(18(19)20)9-12-7-5-4-6-8-12/h4-8,10H,9H2,1-3H3/b13-10-. The fraction of sp³-hybridized carbons (Fsp3) is 0.267. The first kappa shape index (κ1) is 14.8. The van der Waals surface area contributed by atoms with E-state index in [1.165, 1.54) is 13.2 Å². The third-order valence-electron chi connectivity index (χ3n) is 3.18. The van der Waals surface area contributed by atoms with Crippen LogP contribution in [0, 0.1) is 17.0 Å². The maximum atomic E-state index is 11.3. The minimum Gasteiger partial charge on any atom is -0.481 e. The summed E-state index contributed by atoms with van der Waals surface area (Å²) in [4.78, 5) is 10.9. The Hall–Kier alpha value is -2.63. The van der Waals surface area contributed by atoms with E-state index in [-0.39, 0.29) is 17.0 Å². The molecule has 0 aliphatic rings. The van der Waals surface area contributed by atoms with E-state index in [4.69, 9.17) is 4.74 Å². The van der Waals surface area contributed by atoms with Crippen molar-refractivity contribution in [3.05, 3.63) is 63.0 Å². The Morgan fingerprint density at radius 3 is 2.67 bits per heavy atom. The smallest absolute Gasteiger partial charge is 0.251 e. The molecule has 0 spiro atoms. The molecule has 0 bridgehead atoms. The monoisotopic (exact) mass is 287 g/mol. The van der Waals surface area contributed by atoms with Crippen LogP contribution in [0.5, 0.6) is 5.88 Å². The van der Waals surface area contributed by atoms with E-state index in [9.17, 15) is 10.1 Å². The highest BCUT2D eigenvalue weighted by atomic mass is 16.6. The van der Waals surface area contributed by atoms with Gasteiger partial charge in [-0.2, -0.15) is 5.10 Å². The molecule has 0 fully saturated rings. The van der Waals surface area contributed by atoms with Crippen LogP contribution in [-0.2, 0) is 13.5 Å². The SMILES string of the molecule is COc1c(/C=C(/Cc2ccccc2)[N+](=O)[O-])c(C)nn1C. The minimum absolute atomic E-state index is 0.107. The quantitative estimate of drug-likeness (QED) is 0.626. The summed E-state index contributed by atoms with van der Waals surface area (Å²) in [5.74, 6) is 0.514. The van der Waals surface area contributed by atoms with Gasteiger partial charge < -0.3 is 4.74 Å². The zero-order chi connectivity index (χ0) is 15.4. The van der Waals surface area contributed by atoms with E-state index in [0.29, 0.717) is 17.1 Å². The second-order valence-electron chi connectivity index (χ2n) is 4.69. The summed E-state index contributed by atoms with van der Waals surface area (Å²) in [6, 6.07) is 9.34. The summed E-state index contributed by atoms with van der Waals surface area (Å²) >= 11 is 0. The lowest BCUT2D eigenvalue weighted by molar-refractivity contribution is -0.425. The molecule has 1 aromatic carbocycles. The highest BCUT2D eigenvalue weighted by Crippen LogP contribution is 2.25. The van der Waals surface area contributed by atoms with Crippen LogP contribution >= 0.6 is 0 Å². The highest BCUT2D eigenvalue weighted by molar-refractivity contribution is 5.59. The predicted molar refractivity (Wildman–Crippen MR) is 79.6 cm³/mol. The van der Waals surface area contributed by atoms with Crippen LogP contribution < -0.4 is 4.74 Å². The molecule has 0 radical (unpaired) electrons. The Labute approximate surface area is 122 Å². The normalized spacial score (nSPS) is 11.5. The molecular formula is C15H17N3O3. The van der Waals surface area contributed by atoms with Crippen molar-refractivity contribution in [1.82, 2.24) is 9.78 Å². The molecule has 1 heterocycles. The number of aromatic nitrogens is 2. The van der Waals surface area contributed by atoms with E-state index in [0.717, 1.165) is 5.56 Å². The first-order valence-electron chi connectivity index (χ1n) is 6.49. The lowest BCUT2D eigenvalue weighted by Gasteiger charge is -2.02. The minimum atomic E-state index is -0.362. The van der Waals surface area contributed by atoms with Gasteiger partial charge in [-0.15, -0.1) is 0 Å². The number of nitro groups is 1. The highest BCUT2D eigenvalue weighted by Gasteiger charge is 2.18. The first-order chi connectivity index (χ1) is 10.0. The maximum absolute atomic E-state index is 11.3. The van der Waals surface area contributed by atoms with Crippen molar-refractivity contribution < 1.29 is 9.66 Å². The first-order valence-corrected chi connectivity index (χ1v) is 6.49. The molecule has 0 amide bonds. The summed E-state index contributed by atoms with van der Waals surface area (Å²) in [6.45, 7) is 1.80. The molecule has 0 aliphatic heterocycles. The van der Waals surface area contributed by atoms with Gasteiger partial charge in [0.05, 0.1) is 29.7 Å². The van der Waals surface area contributed by atoms with E-state index in [1.54, 1.807) is 18.7 Å². The van der Waals surface area contributed by atoms with Crippen molar-refractivity contribution >= 4 is 6.08 Å². The summed E-state index contributed by atoms with van der Waals surface area (Å²) in [7, 11) is 3.27. The van der Waals surface area contributed by atoms with E-state index >= 15 is 0 Å². The van der Waals surface area contributed by atoms with Crippen LogP contribution in [0.2, 0.25) is 0 Å². The molecule has 0 saturated heterocycles.